The van der Waals surface area contributed by atoms with Gasteiger partial charge in [0.1, 0.15) is 5.75 Å². The van der Waals surface area contributed by atoms with E-state index < -0.39 is 4.92 Å². The van der Waals surface area contributed by atoms with Gasteiger partial charge in [0.15, 0.2) is 5.82 Å². The normalized spacial score (nSPS) is 10.8. The van der Waals surface area contributed by atoms with E-state index in [2.05, 4.69) is 9.98 Å². The van der Waals surface area contributed by atoms with Gasteiger partial charge in [-0.1, -0.05) is 6.07 Å². The lowest BCUT2D eigenvalue weighted by Crippen LogP contribution is -1.90. The van der Waals surface area contributed by atoms with Crippen molar-refractivity contribution in [3.63, 3.8) is 0 Å². The third-order valence-corrected chi connectivity index (χ3v) is 2.43. The SMILES string of the molecule is Cc1cccc(/N=C/c2cc([N+](=O)[O-])ccc2O)n1. The first-order chi connectivity index (χ1) is 9.06. The van der Waals surface area contributed by atoms with Crippen LogP contribution in [0.2, 0.25) is 0 Å². The minimum absolute atomic E-state index is 0.0676. The summed E-state index contributed by atoms with van der Waals surface area (Å²) in [5.41, 5.74) is 0.992. The van der Waals surface area contributed by atoms with Gasteiger partial charge in [-0.05, 0) is 25.1 Å². The third kappa shape index (κ3) is 3.12. The first kappa shape index (κ1) is 12.7. The molecule has 0 atom stereocenters. The van der Waals surface area contributed by atoms with Crippen molar-refractivity contribution >= 4 is 17.7 Å². The zero-order valence-electron chi connectivity index (χ0n) is 10.1. The zero-order chi connectivity index (χ0) is 13.8. The maximum Gasteiger partial charge on any atom is 0.270 e. The summed E-state index contributed by atoms with van der Waals surface area (Å²) in [7, 11) is 0. The Balaban J connectivity index is 2.32. The van der Waals surface area contributed by atoms with Crippen molar-refractivity contribution in [3.05, 3.63) is 57.8 Å². The van der Waals surface area contributed by atoms with Crippen LogP contribution in [0.4, 0.5) is 11.5 Å². The molecule has 0 fully saturated rings. The van der Waals surface area contributed by atoms with Gasteiger partial charge in [0.25, 0.3) is 5.69 Å². The van der Waals surface area contributed by atoms with Crippen LogP contribution in [0, 0.1) is 17.0 Å². The van der Waals surface area contributed by atoms with Gasteiger partial charge in [-0.15, -0.1) is 0 Å². The second-order valence-corrected chi connectivity index (χ2v) is 3.90. The minimum Gasteiger partial charge on any atom is -0.507 e. The average Bonchev–Trinajstić information content (AvgIpc) is 2.37. The van der Waals surface area contributed by atoms with Gasteiger partial charge in [0.2, 0.25) is 0 Å². The van der Waals surface area contributed by atoms with Crippen molar-refractivity contribution in [2.75, 3.05) is 0 Å². The van der Waals surface area contributed by atoms with Crippen molar-refractivity contribution in [2.45, 2.75) is 6.92 Å². The summed E-state index contributed by atoms with van der Waals surface area (Å²) in [4.78, 5) is 18.4. The summed E-state index contributed by atoms with van der Waals surface area (Å²) >= 11 is 0. The number of non-ortho nitro benzene ring substituents is 1. The minimum atomic E-state index is -0.526. The molecule has 0 aliphatic heterocycles. The highest BCUT2D eigenvalue weighted by molar-refractivity contribution is 5.86. The number of nitrogens with zero attached hydrogens (tertiary/aromatic N) is 3. The molecule has 0 saturated heterocycles. The fourth-order valence-electron chi connectivity index (χ4n) is 1.50. The summed E-state index contributed by atoms with van der Waals surface area (Å²) < 4.78 is 0. The zero-order valence-corrected chi connectivity index (χ0v) is 10.1. The Kier molecular flexibility index (Phi) is 3.51. The van der Waals surface area contributed by atoms with Crippen molar-refractivity contribution in [1.29, 1.82) is 0 Å². The molecule has 6 nitrogen and oxygen atoms in total. The van der Waals surface area contributed by atoms with Crippen LogP contribution in [-0.4, -0.2) is 21.2 Å². The number of hydrogen-bond acceptors (Lipinski definition) is 5. The molecule has 0 saturated carbocycles. The van der Waals surface area contributed by atoms with Crippen LogP contribution >= 0.6 is 0 Å². The van der Waals surface area contributed by atoms with Crippen LogP contribution in [0.3, 0.4) is 0 Å². The van der Waals surface area contributed by atoms with Gasteiger partial charge in [-0.25, -0.2) is 9.98 Å². The van der Waals surface area contributed by atoms with E-state index in [1.165, 1.54) is 24.4 Å². The van der Waals surface area contributed by atoms with Gasteiger partial charge < -0.3 is 5.11 Å². The predicted molar refractivity (Wildman–Crippen MR) is 71.0 cm³/mol. The molecule has 0 aliphatic carbocycles. The summed E-state index contributed by atoms with van der Waals surface area (Å²) in [5, 5.41) is 20.3. The fourth-order valence-corrected chi connectivity index (χ4v) is 1.50. The predicted octanol–water partition coefficient (Wildman–Crippen LogP) is 2.75. The van der Waals surface area contributed by atoms with E-state index in [-0.39, 0.29) is 17.0 Å². The van der Waals surface area contributed by atoms with Crippen LogP contribution < -0.4 is 0 Å². The Bertz CT molecular complexity index is 653. The van der Waals surface area contributed by atoms with Crippen LogP contribution in [0.25, 0.3) is 0 Å². The van der Waals surface area contributed by atoms with Crippen molar-refractivity contribution in [1.82, 2.24) is 4.98 Å². The summed E-state index contributed by atoms with van der Waals surface area (Å²) in [6.07, 6.45) is 1.35. The molecule has 1 aromatic heterocycles. The number of aromatic nitrogens is 1. The number of nitro groups is 1. The van der Waals surface area contributed by atoms with E-state index in [0.717, 1.165) is 5.69 Å². The maximum absolute atomic E-state index is 10.7. The molecular formula is C13H11N3O3. The molecule has 0 unspecified atom stereocenters. The molecule has 96 valence electrons. The first-order valence-electron chi connectivity index (χ1n) is 5.51. The standard InChI is InChI=1S/C13H11N3O3/c1-9-3-2-4-13(15-9)14-8-10-7-11(16(18)19)5-6-12(10)17/h2-8,17H,1H3/b14-8+. The van der Waals surface area contributed by atoms with Gasteiger partial charge >= 0.3 is 0 Å². The van der Waals surface area contributed by atoms with Gasteiger partial charge in [0.05, 0.1) is 4.92 Å². The highest BCUT2D eigenvalue weighted by Crippen LogP contribution is 2.22. The molecule has 0 spiro atoms. The lowest BCUT2D eigenvalue weighted by atomic mass is 10.2. The topological polar surface area (TPSA) is 88.6 Å². The molecule has 2 rings (SSSR count). The smallest absolute Gasteiger partial charge is 0.270 e. The largest absolute Gasteiger partial charge is 0.507 e. The van der Waals surface area contributed by atoms with Gasteiger partial charge in [-0.3, -0.25) is 10.1 Å². The molecule has 6 heteroatoms. The fraction of sp³-hybridized carbons (Fsp3) is 0.0769. The Morgan fingerprint density at radius 3 is 2.84 bits per heavy atom. The van der Waals surface area contributed by atoms with Gasteiger partial charge in [-0.2, -0.15) is 0 Å². The number of hydrogen-bond donors (Lipinski definition) is 1. The lowest BCUT2D eigenvalue weighted by Gasteiger charge is -1.99. The Morgan fingerprint density at radius 1 is 1.37 bits per heavy atom. The molecule has 1 heterocycles. The number of aryl methyl sites for hydroxylation is 1. The average molecular weight is 257 g/mol. The number of pyridine rings is 1. The monoisotopic (exact) mass is 257 g/mol. The van der Waals surface area contributed by atoms with Crippen molar-refractivity contribution in [3.8, 4) is 5.75 Å². The summed E-state index contributed by atoms with van der Waals surface area (Å²) in [5.74, 6) is 0.410. The Labute approximate surface area is 109 Å². The second kappa shape index (κ2) is 5.26. The number of rotatable bonds is 3. The highest BCUT2D eigenvalue weighted by atomic mass is 16.6. The van der Waals surface area contributed by atoms with Crippen LogP contribution in [0.15, 0.2) is 41.4 Å². The number of nitro benzene ring substituents is 1. The van der Waals surface area contributed by atoms with E-state index in [1.807, 2.05) is 19.1 Å². The van der Waals surface area contributed by atoms with E-state index in [9.17, 15) is 15.2 Å². The first-order valence-corrected chi connectivity index (χ1v) is 5.51. The molecule has 0 aliphatic rings. The lowest BCUT2D eigenvalue weighted by molar-refractivity contribution is -0.384. The molecule has 0 radical (unpaired) electrons. The van der Waals surface area contributed by atoms with E-state index >= 15 is 0 Å². The second-order valence-electron chi connectivity index (χ2n) is 3.90. The number of aliphatic imine (C=N–C) groups is 1. The van der Waals surface area contributed by atoms with Crippen molar-refractivity contribution < 1.29 is 10.0 Å². The number of benzene rings is 1. The van der Waals surface area contributed by atoms with Crippen LogP contribution in [-0.2, 0) is 0 Å². The molecule has 19 heavy (non-hydrogen) atoms. The van der Waals surface area contributed by atoms with Crippen LogP contribution in [0.5, 0.6) is 5.75 Å². The van der Waals surface area contributed by atoms with Crippen LogP contribution in [0.1, 0.15) is 11.3 Å². The Hall–Kier alpha value is -2.76. The van der Waals surface area contributed by atoms with Gasteiger partial charge in [0, 0.05) is 29.6 Å². The summed E-state index contributed by atoms with van der Waals surface area (Å²) in [6, 6.07) is 9.11. The Morgan fingerprint density at radius 2 is 2.16 bits per heavy atom. The number of phenolic OH excluding ortho intramolecular Hbond substituents is 1. The summed E-state index contributed by atoms with van der Waals surface area (Å²) in [6.45, 7) is 1.84. The van der Waals surface area contributed by atoms with E-state index in [0.29, 0.717) is 5.82 Å². The number of aromatic hydroxyl groups is 1. The third-order valence-electron chi connectivity index (χ3n) is 2.43. The maximum atomic E-state index is 10.7. The van der Waals surface area contributed by atoms with E-state index in [1.54, 1.807) is 6.07 Å². The molecule has 0 amide bonds. The molecule has 1 aromatic carbocycles. The number of phenols is 1. The molecule has 0 bridgehead atoms. The highest BCUT2D eigenvalue weighted by Gasteiger charge is 2.08. The van der Waals surface area contributed by atoms with E-state index in [4.69, 9.17) is 0 Å². The molecule has 2 aromatic rings. The molecular weight excluding hydrogens is 246 g/mol. The van der Waals surface area contributed by atoms with Crippen molar-refractivity contribution in [2.24, 2.45) is 4.99 Å². The molecule has 1 N–H and O–H groups in total. The quantitative estimate of drug-likeness (QED) is 0.520.